The Morgan fingerprint density at radius 1 is 1.25 bits per heavy atom. The van der Waals surface area contributed by atoms with Crippen molar-refractivity contribution in [3.05, 3.63) is 35.4 Å². The van der Waals surface area contributed by atoms with Crippen molar-refractivity contribution in [2.75, 3.05) is 12.0 Å². The number of sulfone groups is 1. The molecule has 0 heterocycles. The number of benzene rings is 1. The van der Waals surface area contributed by atoms with Crippen LogP contribution in [0.4, 0.5) is 0 Å². The van der Waals surface area contributed by atoms with Gasteiger partial charge in [0.1, 0.15) is 9.84 Å². The fraction of sp³-hybridized carbons (Fsp3) is 0.385. The molecule has 0 aliphatic carbocycles. The molecule has 1 atom stereocenters. The van der Waals surface area contributed by atoms with Crippen molar-refractivity contribution >= 4 is 21.7 Å². The summed E-state index contributed by atoms with van der Waals surface area (Å²) in [5, 5.41) is 2.65. The highest BCUT2D eigenvalue weighted by Crippen LogP contribution is 2.08. The maximum atomic E-state index is 12.0. The Hall–Kier alpha value is -1.89. The van der Waals surface area contributed by atoms with Crippen molar-refractivity contribution in [3.8, 4) is 0 Å². The Labute approximate surface area is 118 Å². The Morgan fingerprint density at radius 3 is 2.30 bits per heavy atom. The third-order valence-electron chi connectivity index (χ3n) is 2.74. The van der Waals surface area contributed by atoms with Crippen LogP contribution in [0, 0.1) is 0 Å². The molecule has 1 aromatic rings. The van der Waals surface area contributed by atoms with Gasteiger partial charge in [0.05, 0.1) is 16.9 Å². The quantitative estimate of drug-likeness (QED) is 0.789. The molecule has 0 saturated heterocycles. The molecule has 1 aromatic carbocycles. The molecule has 110 valence electrons. The van der Waals surface area contributed by atoms with Crippen LogP contribution < -0.4 is 11.1 Å². The largest absolute Gasteiger partial charge is 0.366 e. The lowest BCUT2D eigenvalue weighted by Gasteiger charge is -2.14. The van der Waals surface area contributed by atoms with Crippen molar-refractivity contribution in [2.45, 2.75) is 19.4 Å². The van der Waals surface area contributed by atoms with Gasteiger partial charge in [0.25, 0.3) is 5.91 Å². The summed E-state index contributed by atoms with van der Waals surface area (Å²) in [6.07, 6.45) is 1.45. The molecule has 2 amide bonds. The SMILES string of the molecule is CC(CCS(C)(=O)=O)NC(=O)c1ccccc1C(N)=O. The number of rotatable bonds is 6. The van der Waals surface area contributed by atoms with Gasteiger partial charge >= 0.3 is 0 Å². The molecule has 0 aliphatic rings. The maximum Gasteiger partial charge on any atom is 0.252 e. The van der Waals surface area contributed by atoms with E-state index in [1.807, 2.05) is 0 Å². The fourth-order valence-corrected chi connectivity index (χ4v) is 2.44. The van der Waals surface area contributed by atoms with E-state index in [1.165, 1.54) is 12.1 Å². The molecule has 0 aromatic heterocycles. The van der Waals surface area contributed by atoms with Gasteiger partial charge in [-0.2, -0.15) is 0 Å². The van der Waals surface area contributed by atoms with E-state index in [0.717, 1.165) is 6.26 Å². The first-order chi connectivity index (χ1) is 9.20. The van der Waals surface area contributed by atoms with Gasteiger partial charge in [0, 0.05) is 12.3 Å². The van der Waals surface area contributed by atoms with Gasteiger partial charge in [0.15, 0.2) is 0 Å². The molecule has 3 N–H and O–H groups in total. The molecule has 6 nitrogen and oxygen atoms in total. The smallest absolute Gasteiger partial charge is 0.252 e. The average molecular weight is 298 g/mol. The van der Waals surface area contributed by atoms with E-state index in [2.05, 4.69) is 5.32 Å². The second kappa shape index (κ2) is 6.51. The number of nitrogens with one attached hydrogen (secondary N) is 1. The number of carbonyl (C=O) groups excluding carboxylic acids is 2. The van der Waals surface area contributed by atoms with Crippen LogP contribution in [0.25, 0.3) is 0 Å². The molecule has 7 heteroatoms. The lowest BCUT2D eigenvalue weighted by molar-refractivity contribution is 0.0924. The molecule has 0 aliphatic heterocycles. The summed E-state index contributed by atoms with van der Waals surface area (Å²) in [5.74, 6) is -1.13. The van der Waals surface area contributed by atoms with Crippen LogP contribution in [0.2, 0.25) is 0 Å². The zero-order valence-electron chi connectivity index (χ0n) is 11.4. The summed E-state index contributed by atoms with van der Waals surface area (Å²) in [6, 6.07) is 5.89. The van der Waals surface area contributed by atoms with Gasteiger partial charge in [0.2, 0.25) is 5.91 Å². The number of nitrogens with two attached hydrogens (primary N) is 1. The fourth-order valence-electron chi connectivity index (χ4n) is 1.66. The maximum absolute atomic E-state index is 12.0. The Kier molecular flexibility index (Phi) is 5.26. The number of hydrogen-bond acceptors (Lipinski definition) is 4. The predicted octanol–water partition coefficient (Wildman–Crippen LogP) is 0.338. The van der Waals surface area contributed by atoms with E-state index in [9.17, 15) is 18.0 Å². The van der Waals surface area contributed by atoms with E-state index in [0.29, 0.717) is 6.42 Å². The zero-order valence-corrected chi connectivity index (χ0v) is 12.2. The molecule has 0 spiro atoms. The van der Waals surface area contributed by atoms with Gasteiger partial charge < -0.3 is 11.1 Å². The highest BCUT2D eigenvalue weighted by Gasteiger charge is 2.16. The predicted molar refractivity (Wildman–Crippen MR) is 76.2 cm³/mol. The highest BCUT2D eigenvalue weighted by molar-refractivity contribution is 7.90. The molecule has 0 fully saturated rings. The average Bonchev–Trinajstić information content (AvgIpc) is 2.35. The normalized spacial score (nSPS) is 12.7. The summed E-state index contributed by atoms with van der Waals surface area (Å²) in [6.45, 7) is 1.70. The van der Waals surface area contributed by atoms with Gasteiger partial charge in [-0.15, -0.1) is 0 Å². The lowest BCUT2D eigenvalue weighted by Crippen LogP contribution is -2.35. The summed E-state index contributed by atoms with van der Waals surface area (Å²) in [5.41, 5.74) is 5.53. The van der Waals surface area contributed by atoms with E-state index >= 15 is 0 Å². The minimum atomic E-state index is -3.07. The molecular formula is C13H18N2O4S. The van der Waals surface area contributed by atoms with Crippen LogP contribution in [0.1, 0.15) is 34.1 Å². The molecule has 0 saturated carbocycles. The number of hydrogen-bond donors (Lipinski definition) is 2. The Morgan fingerprint density at radius 2 is 1.80 bits per heavy atom. The van der Waals surface area contributed by atoms with Crippen molar-refractivity contribution in [2.24, 2.45) is 5.73 Å². The second-order valence-corrected chi connectivity index (χ2v) is 6.96. The first-order valence-electron chi connectivity index (χ1n) is 6.08. The Bertz CT molecular complexity index is 611. The van der Waals surface area contributed by atoms with Crippen molar-refractivity contribution in [1.29, 1.82) is 0 Å². The van der Waals surface area contributed by atoms with Gasteiger partial charge in [-0.25, -0.2) is 8.42 Å². The third kappa shape index (κ3) is 5.00. The molecular weight excluding hydrogens is 280 g/mol. The van der Waals surface area contributed by atoms with Crippen LogP contribution in [-0.2, 0) is 9.84 Å². The topological polar surface area (TPSA) is 106 Å². The third-order valence-corrected chi connectivity index (χ3v) is 3.71. The first-order valence-corrected chi connectivity index (χ1v) is 8.14. The van der Waals surface area contributed by atoms with Gasteiger partial charge in [-0.3, -0.25) is 9.59 Å². The van der Waals surface area contributed by atoms with Gasteiger partial charge in [-0.1, -0.05) is 12.1 Å². The Balaban J connectivity index is 2.74. The van der Waals surface area contributed by atoms with E-state index in [4.69, 9.17) is 5.73 Å². The van der Waals surface area contributed by atoms with E-state index in [-0.39, 0.29) is 22.9 Å². The minimum Gasteiger partial charge on any atom is -0.366 e. The first kappa shape index (κ1) is 16.2. The molecule has 1 unspecified atom stereocenters. The number of amides is 2. The number of primary amides is 1. The van der Waals surface area contributed by atoms with Crippen molar-refractivity contribution in [3.63, 3.8) is 0 Å². The lowest BCUT2D eigenvalue weighted by atomic mass is 10.1. The summed E-state index contributed by atoms with van der Waals surface area (Å²) in [7, 11) is -3.07. The molecule has 0 bridgehead atoms. The zero-order chi connectivity index (χ0) is 15.3. The number of carbonyl (C=O) groups is 2. The molecule has 1 rings (SSSR count). The van der Waals surface area contributed by atoms with Crippen molar-refractivity contribution < 1.29 is 18.0 Å². The van der Waals surface area contributed by atoms with E-state index in [1.54, 1.807) is 19.1 Å². The minimum absolute atomic E-state index is 0.00802. The van der Waals surface area contributed by atoms with Crippen LogP contribution in [-0.4, -0.2) is 38.3 Å². The van der Waals surface area contributed by atoms with Crippen LogP contribution in [0.5, 0.6) is 0 Å². The summed E-state index contributed by atoms with van der Waals surface area (Å²) in [4.78, 5) is 23.3. The van der Waals surface area contributed by atoms with Crippen LogP contribution >= 0.6 is 0 Å². The van der Waals surface area contributed by atoms with E-state index < -0.39 is 21.7 Å². The highest BCUT2D eigenvalue weighted by atomic mass is 32.2. The molecule has 20 heavy (non-hydrogen) atoms. The molecule has 0 radical (unpaired) electrons. The van der Waals surface area contributed by atoms with Gasteiger partial charge in [-0.05, 0) is 25.5 Å². The summed E-state index contributed by atoms with van der Waals surface area (Å²) >= 11 is 0. The second-order valence-electron chi connectivity index (χ2n) is 4.70. The van der Waals surface area contributed by atoms with Crippen LogP contribution in [0.3, 0.4) is 0 Å². The summed E-state index contributed by atoms with van der Waals surface area (Å²) < 4.78 is 22.1. The standard InChI is InChI=1S/C13H18N2O4S/c1-9(7-8-20(2,18)19)15-13(17)11-6-4-3-5-10(11)12(14)16/h3-6,9H,7-8H2,1-2H3,(H2,14,16)(H,15,17). The monoisotopic (exact) mass is 298 g/mol. The van der Waals surface area contributed by atoms with Crippen LogP contribution in [0.15, 0.2) is 24.3 Å². The van der Waals surface area contributed by atoms with Crippen molar-refractivity contribution in [1.82, 2.24) is 5.32 Å².